The summed E-state index contributed by atoms with van der Waals surface area (Å²) < 4.78 is 34.1. The average molecular weight is 749 g/mol. The van der Waals surface area contributed by atoms with Crippen molar-refractivity contribution in [2.45, 2.75) is 55.3 Å². The van der Waals surface area contributed by atoms with Crippen LogP contribution >= 0.6 is 0 Å². The lowest BCUT2D eigenvalue weighted by Crippen LogP contribution is -2.61. The number of aliphatic hydroxyl groups excluding tert-OH is 5. The van der Waals surface area contributed by atoms with Crippen molar-refractivity contribution >= 4 is 16.9 Å². The summed E-state index contributed by atoms with van der Waals surface area (Å²) in [5.41, 5.74) is -2.09. The van der Waals surface area contributed by atoms with Gasteiger partial charge in [0, 0.05) is 17.7 Å². The van der Waals surface area contributed by atoms with Gasteiger partial charge < -0.3 is 89.4 Å². The van der Waals surface area contributed by atoms with Crippen molar-refractivity contribution < 1.29 is 94.2 Å². The molecule has 2 saturated heterocycles. The number of hydrogen-bond acceptors (Lipinski definition) is 20. The van der Waals surface area contributed by atoms with Crippen molar-refractivity contribution in [1.29, 1.82) is 0 Å². The predicted molar refractivity (Wildman–Crippen MR) is 170 cm³/mol. The molecular weight excluding hydrogens is 716 g/mol. The lowest BCUT2D eigenvalue weighted by Gasteiger charge is -2.42. The van der Waals surface area contributed by atoms with Crippen LogP contribution in [-0.4, -0.2) is 136 Å². The number of fused-ring (bicyclic) bond motifs is 1. The lowest BCUT2D eigenvalue weighted by molar-refractivity contribution is -0.322. The topological polar surface area (TPSA) is 336 Å². The van der Waals surface area contributed by atoms with Crippen molar-refractivity contribution in [1.82, 2.24) is 0 Å². The van der Waals surface area contributed by atoms with Crippen LogP contribution in [0.25, 0.3) is 22.3 Å². The molecule has 1 aromatic heterocycles. The molecule has 4 aromatic rings. The van der Waals surface area contributed by atoms with Gasteiger partial charge in [0.25, 0.3) is 0 Å². The highest BCUT2D eigenvalue weighted by atomic mass is 16.8. The molecule has 284 valence electrons. The highest BCUT2D eigenvalue weighted by Crippen LogP contribution is 2.41. The van der Waals surface area contributed by atoms with Crippen LogP contribution in [0.3, 0.4) is 0 Å². The zero-order valence-electron chi connectivity index (χ0n) is 26.8. The van der Waals surface area contributed by atoms with Gasteiger partial charge in [-0.1, -0.05) is 0 Å². The first-order valence-corrected chi connectivity index (χ1v) is 15.5. The number of phenolic OH excluding ortho intramolecular Hbond substituents is 7. The summed E-state index contributed by atoms with van der Waals surface area (Å²) in [7, 11) is 0. The highest BCUT2D eigenvalue weighted by molar-refractivity contribution is 5.91. The van der Waals surface area contributed by atoms with E-state index in [9.17, 15) is 70.9 Å². The highest BCUT2D eigenvalue weighted by Gasteiger charge is 2.53. The zero-order chi connectivity index (χ0) is 38.5. The van der Waals surface area contributed by atoms with Crippen molar-refractivity contribution in [2.75, 3.05) is 13.2 Å². The minimum absolute atomic E-state index is 0.0938. The summed E-state index contributed by atoms with van der Waals surface area (Å²) >= 11 is 0. The van der Waals surface area contributed by atoms with Gasteiger partial charge in [-0.15, -0.1) is 0 Å². The summed E-state index contributed by atoms with van der Waals surface area (Å²) in [6.07, 6.45) is -16.7. The SMILES string of the molecule is O=C(O[C@H]1[C@H](O[C@@H]2[C@H](Oc3c(-c4ccc(O)c(O)c4)oc4cc(O)cc(O)c4c3=O)O[C@H](CO)[C@@H]2O)O[C@H](CO)[C@@H](O)[C@@H]1O)c1cc(O)c(O)c(O)c1. The van der Waals surface area contributed by atoms with Crippen molar-refractivity contribution in [3.8, 4) is 57.3 Å². The second-order valence-electron chi connectivity index (χ2n) is 12.0. The molecule has 6 rings (SSSR count). The molecule has 20 nitrogen and oxygen atoms in total. The average Bonchev–Trinajstić information content (AvgIpc) is 3.41. The second-order valence-corrected chi connectivity index (χ2v) is 12.0. The van der Waals surface area contributed by atoms with Gasteiger partial charge in [-0.25, -0.2) is 4.79 Å². The molecule has 9 atom stereocenters. The molecule has 20 heteroatoms. The van der Waals surface area contributed by atoms with Gasteiger partial charge in [-0.05, 0) is 30.3 Å². The number of benzene rings is 3. The molecular formula is C33H32O20. The third kappa shape index (κ3) is 6.88. The van der Waals surface area contributed by atoms with E-state index >= 15 is 0 Å². The lowest BCUT2D eigenvalue weighted by atomic mass is 9.98. The largest absolute Gasteiger partial charge is 0.508 e. The Morgan fingerprint density at radius 1 is 0.698 bits per heavy atom. The van der Waals surface area contributed by atoms with Crippen LogP contribution in [0.15, 0.2) is 51.7 Å². The number of phenols is 7. The molecule has 0 bridgehead atoms. The Balaban J connectivity index is 1.39. The van der Waals surface area contributed by atoms with E-state index in [1.807, 2.05) is 0 Å². The third-order valence-corrected chi connectivity index (χ3v) is 8.53. The van der Waals surface area contributed by atoms with Crippen LogP contribution in [0.1, 0.15) is 10.4 Å². The Morgan fingerprint density at radius 2 is 1.34 bits per heavy atom. The number of aromatic hydroxyl groups is 7. The van der Waals surface area contributed by atoms with Gasteiger partial charge in [-0.3, -0.25) is 4.79 Å². The first-order chi connectivity index (χ1) is 25.1. The smallest absolute Gasteiger partial charge is 0.338 e. The number of ether oxygens (including phenoxy) is 5. The van der Waals surface area contributed by atoms with E-state index in [0.29, 0.717) is 12.1 Å². The second kappa shape index (κ2) is 14.4. The quantitative estimate of drug-likeness (QED) is 0.0714. The Kier molecular flexibility index (Phi) is 10.1. The molecule has 0 spiro atoms. The van der Waals surface area contributed by atoms with Crippen molar-refractivity contribution in [3.05, 3.63) is 58.3 Å². The molecule has 12 N–H and O–H groups in total. The van der Waals surface area contributed by atoms with E-state index in [1.54, 1.807) is 0 Å². The number of esters is 1. The summed E-state index contributed by atoms with van der Waals surface area (Å²) in [6.45, 7) is -1.79. The Morgan fingerprint density at radius 3 is 1.98 bits per heavy atom. The molecule has 2 fully saturated rings. The maximum Gasteiger partial charge on any atom is 0.338 e. The van der Waals surface area contributed by atoms with Gasteiger partial charge in [-0.2, -0.15) is 0 Å². The molecule has 2 aliphatic heterocycles. The standard InChI is InChI=1S/C33H32O20/c34-8-19-23(43)26(46)30(51-31(47)11-4-16(40)22(42)17(41)5-11)33(49-19)53-29-24(44)20(9-35)50-32(29)52-28-25(45)21-15(39)6-12(36)7-18(21)48-27(28)10-1-2-13(37)14(38)3-10/h1-7,19-20,23-24,26,29-30,32-44,46H,8-9H2/t19-,20-,23-,24+,26+,29+,30-,32+,33+/m1/s1. The molecule has 2 aliphatic rings. The molecule has 0 radical (unpaired) electrons. The van der Waals surface area contributed by atoms with E-state index in [4.69, 9.17) is 28.1 Å². The fraction of sp³-hybridized carbons (Fsp3) is 0.333. The third-order valence-electron chi connectivity index (χ3n) is 8.53. The van der Waals surface area contributed by atoms with E-state index in [1.165, 1.54) is 6.07 Å². The van der Waals surface area contributed by atoms with Gasteiger partial charge in [0.05, 0.1) is 18.8 Å². The van der Waals surface area contributed by atoms with Gasteiger partial charge >= 0.3 is 5.97 Å². The predicted octanol–water partition coefficient (Wildman–Crippen LogP) is -1.09. The zero-order valence-corrected chi connectivity index (χ0v) is 26.8. The van der Waals surface area contributed by atoms with Crippen molar-refractivity contribution in [2.24, 2.45) is 0 Å². The monoisotopic (exact) mass is 748 g/mol. The summed E-state index contributed by atoms with van der Waals surface area (Å²) in [4.78, 5) is 27.0. The fourth-order valence-electron chi connectivity index (χ4n) is 5.80. The van der Waals surface area contributed by atoms with E-state index < -0.39 is 143 Å². The van der Waals surface area contributed by atoms with Gasteiger partial charge in [0.1, 0.15) is 53.0 Å². The van der Waals surface area contributed by atoms with Gasteiger partial charge in [0.2, 0.25) is 17.5 Å². The number of hydrogen-bond donors (Lipinski definition) is 12. The van der Waals surface area contributed by atoms with Crippen molar-refractivity contribution in [3.63, 3.8) is 0 Å². The minimum atomic E-state index is -2.07. The van der Waals surface area contributed by atoms with Gasteiger partial charge in [0.15, 0.2) is 53.0 Å². The Labute approximate surface area is 295 Å². The molecule has 53 heavy (non-hydrogen) atoms. The Bertz CT molecular complexity index is 2060. The summed E-state index contributed by atoms with van der Waals surface area (Å²) in [5, 5.41) is 122. The number of aliphatic hydroxyl groups is 5. The van der Waals surface area contributed by atoms with E-state index in [2.05, 4.69) is 0 Å². The van der Waals surface area contributed by atoms with Crippen LogP contribution in [-0.2, 0) is 18.9 Å². The summed E-state index contributed by atoms with van der Waals surface area (Å²) in [6, 6.07) is 6.47. The van der Waals surface area contributed by atoms with E-state index in [-0.39, 0.29) is 11.1 Å². The van der Waals surface area contributed by atoms with Crippen LogP contribution in [0.4, 0.5) is 0 Å². The molecule has 0 aliphatic carbocycles. The van der Waals surface area contributed by atoms with Crippen LogP contribution in [0.5, 0.6) is 46.0 Å². The number of rotatable bonds is 9. The maximum atomic E-state index is 13.9. The molecule has 0 amide bonds. The fourth-order valence-corrected chi connectivity index (χ4v) is 5.80. The first-order valence-electron chi connectivity index (χ1n) is 15.5. The molecule has 0 unspecified atom stereocenters. The number of carbonyl (C=O) groups excluding carboxylic acids is 1. The van der Waals surface area contributed by atoms with Crippen LogP contribution in [0, 0.1) is 0 Å². The molecule has 3 aromatic carbocycles. The molecule has 3 heterocycles. The molecule has 0 saturated carbocycles. The minimum Gasteiger partial charge on any atom is -0.508 e. The van der Waals surface area contributed by atoms with Crippen LogP contribution in [0.2, 0.25) is 0 Å². The maximum absolute atomic E-state index is 13.9. The van der Waals surface area contributed by atoms with Crippen LogP contribution < -0.4 is 10.2 Å². The number of carbonyl (C=O) groups is 1. The first kappa shape index (κ1) is 37.2. The Hall–Kier alpha value is -5.58. The summed E-state index contributed by atoms with van der Waals surface area (Å²) in [5.74, 6) is -7.83. The van der Waals surface area contributed by atoms with E-state index in [0.717, 1.165) is 24.3 Å². The normalized spacial score (nSPS) is 27.2.